The zero-order chi connectivity index (χ0) is 95.8. The van der Waals surface area contributed by atoms with Gasteiger partial charge in [0.2, 0.25) is 0 Å². The van der Waals surface area contributed by atoms with E-state index >= 15 is 0 Å². The average molecular weight is 1910 g/mol. The summed E-state index contributed by atoms with van der Waals surface area (Å²) < 4.78 is 179. The van der Waals surface area contributed by atoms with Crippen molar-refractivity contribution in [2.75, 3.05) is 401 Å². The smallest absolute Gasteiger partial charge is 0.0701 e. The van der Waals surface area contributed by atoms with Crippen molar-refractivity contribution in [1.82, 2.24) is 0 Å². The summed E-state index contributed by atoms with van der Waals surface area (Å²) in [7, 11) is 16.8. The molecule has 0 aromatic heterocycles. The highest BCUT2D eigenvalue weighted by Gasteiger charge is 2.24. The summed E-state index contributed by atoms with van der Waals surface area (Å²) >= 11 is 0. The summed E-state index contributed by atoms with van der Waals surface area (Å²) in [6, 6.07) is 24.6. The standard InChI is InChI=1S/C105H170O30/c1-106-31-41-126-61-51-116-21-11-86-71-97-82-99-75-91(16-26-121-56-66-131-46-36-111-6)101(76-90(99)15-25-120-55-65-130-45-35-110-5)84-103-79-95(20-30-125-60-70-135-50-40-115-10)105(80-94(103)19-29-124-59-69-134-49-39-114-9)85-104-78-92(17-27-122-57-67-132-47-37-112-7)102(77-93(104)18-28-123-58-68-133-48-38-113-8)83-100-74-88(13-23-118-53-63-128-43-33-108-3)98(73-89(100)14-24-119-54-64-129-44-34-109-4)81-96(86)72-87(97)12-22-117-52-62-127-42-32-107-2/h71-80H,11-70,81-85H2,1-10H3. The predicted octanol–water partition coefficient (Wildman–Crippen LogP) is 10.2. The van der Waals surface area contributed by atoms with Gasteiger partial charge in [-0.05, 0) is 208 Å². The summed E-state index contributed by atoms with van der Waals surface area (Å²) in [5.41, 5.74) is 23.7. The summed E-state index contributed by atoms with van der Waals surface area (Å²) in [4.78, 5) is 0. The largest absolute Gasteiger partial charge is 0.382 e. The van der Waals surface area contributed by atoms with Crippen LogP contribution in [0.4, 0.5) is 0 Å². The van der Waals surface area contributed by atoms with E-state index in [-0.39, 0.29) is 0 Å². The lowest BCUT2D eigenvalue weighted by Gasteiger charge is -2.23. The molecule has 0 atom stereocenters. The van der Waals surface area contributed by atoms with Gasteiger partial charge in [-0.25, -0.2) is 0 Å². The normalized spacial score (nSPS) is 12.4. The molecule has 15 rings (SSSR count). The van der Waals surface area contributed by atoms with Gasteiger partial charge < -0.3 is 142 Å². The number of benzene rings is 5. The molecule has 0 aliphatic heterocycles. The van der Waals surface area contributed by atoms with Gasteiger partial charge in [0.1, 0.15) is 0 Å². The molecule has 0 N–H and O–H groups in total. The lowest BCUT2D eigenvalue weighted by Crippen LogP contribution is -2.15. The minimum atomic E-state index is 0.420. The maximum atomic E-state index is 6.57. The number of methoxy groups -OCH3 is 10. The van der Waals surface area contributed by atoms with Crippen molar-refractivity contribution >= 4 is 0 Å². The predicted molar refractivity (Wildman–Crippen MR) is 518 cm³/mol. The Bertz CT molecular complexity index is 2910. The van der Waals surface area contributed by atoms with Crippen LogP contribution in [0.3, 0.4) is 0 Å². The molecular weight excluding hydrogens is 1740 g/mol. The molecule has 0 heterocycles. The van der Waals surface area contributed by atoms with E-state index in [0.29, 0.717) is 427 Å². The highest BCUT2D eigenvalue weighted by molar-refractivity contribution is 5.53. The van der Waals surface area contributed by atoms with E-state index in [0.717, 1.165) is 0 Å². The van der Waals surface area contributed by atoms with Gasteiger partial charge in [0, 0.05) is 71.1 Å². The third-order valence-electron chi connectivity index (χ3n) is 22.7. The molecule has 0 fully saturated rings. The first-order chi connectivity index (χ1) is 66.7. The molecule has 0 unspecified atom stereocenters. The molecule has 10 bridgehead atoms. The number of ether oxygens (including phenoxy) is 30. The molecule has 0 radical (unpaired) electrons. The van der Waals surface area contributed by atoms with Gasteiger partial charge in [-0.3, -0.25) is 0 Å². The van der Waals surface area contributed by atoms with Gasteiger partial charge in [0.25, 0.3) is 0 Å². The van der Waals surface area contributed by atoms with Gasteiger partial charge in [-0.15, -0.1) is 0 Å². The van der Waals surface area contributed by atoms with Gasteiger partial charge >= 0.3 is 0 Å². The monoisotopic (exact) mass is 1910 g/mol. The third kappa shape index (κ3) is 54.6. The number of hydrogen-bond acceptors (Lipinski definition) is 30. The highest BCUT2D eigenvalue weighted by Crippen LogP contribution is 2.35. The molecule has 0 saturated heterocycles. The van der Waals surface area contributed by atoms with Crippen LogP contribution in [-0.2, 0) is 238 Å². The maximum absolute atomic E-state index is 6.57. The van der Waals surface area contributed by atoms with Crippen LogP contribution in [0.1, 0.15) is 111 Å². The van der Waals surface area contributed by atoms with Crippen LogP contribution >= 0.6 is 0 Å². The van der Waals surface area contributed by atoms with E-state index in [1.807, 2.05) is 0 Å². The van der Waals surface area contributed by atoms with Crippen LogP contribution in [-0.4, -0.2) is 401 Å². The Morgan fingerprint density at radius 1 is 0.111 bits per heavy atom. The number of hydrogen-bond donors (Lipinski definition) is 0. The highest BCUT2D eigenvalue weighted by atomic mass is 16.6. The van der Waals surface area contributed by atoms with Gasteiger partial charge in [-0.1, -0.05) is 60.7 Å². The Hall–Kier alpha value is -5.10. The molecule has 135 heavy (non-hydrogen) atoms. The minimum Gasteiger partial charge on any atom is -0.382 e. The van der Waals surface area contributed by atoms with E-state index in [1.165, 1.54) is 111 Å². The quantitative estimate of drug-likeness (QED) is 0.0321. The molecule has 770 valence electrons. The second-order valence-electron chi connectivity index (χ2n) is 32.5. The van der Waals surface area contributed by atoms with Crippen molar-refractivity contribution in [3.05, 3.63) is 172 Å². The van der Waals surface area contributed by atoms with Crippen molar-refractivity contribution in [3.63, 3.8) is 0 Å². The van der Waals surface area contributed by atoms with Crippen molar-refractivity contribution in [2.45, 2.75) is 96.3 Å². The van der Waals surface area contributed by atoms with Gasteiger partial charge in [-0.2, -0.15) is 0 Å². The van der Waals surface area contributed by atoms with E-state index < -0.39 is 0 Å². The topological polar surface area (TPSA) is 277 Å². The van der Waals surface area contributed by atoms with Crippen LogP contribution in [0.2, 0.25) is 0 Å². The van der Waals surface area contributed by atoms with Crippen LogP contribution in [0, 0.1) is 0 Å². The van der Waals surface area contributed by atoms with Crippen molar-refractivity contribution < 1.29 is 142 Å². The Morgan fingerprint density at radius 2 is 0.185 bits per heavy atom. The third-order valence-corrected chi connectivity index (χ3v) is 22.7. The first-order valence-electron chi connectivity index (χ1n) is 48.9. The second-order valence-corrected chi connectivity index (χ2v) is 32.5. The second kappa shape index (κ2) is 82.5. The lowest BCUT2D eigenvalue weighted by atomic mass is 9.84. The Labute approximate surface area is 807 Å². The first-order valence-corrected chi connectivity index (χ1v) is 48.9. The van der Waals surface area contributed by atoms with E-state index in [4.69, 9.17) is 142 Å². The Morgan fingerprint density at radius 3 is 0.267 bits per heavy atom. The SMILES string of the molecule is COCCOCCOCCc1cc2c(CCOCCOCCOC)cc1Cc1cc(CCOCCOCCOC)c(cc1CCOCCOCCOC)Cc1cc(CCOCCOCCOC)c(cc1CCOCCOCCOC)Cc1cc(CCOCCOCCOC)c(cc1CCOCCOCCOC)Cc1cc(CCOCCOCCOC)c(cc1CCOCCOCCOC)C2. The molecule has 0 spiro atoms. The Balaban J connectivity index is 1.79. The summed E-state index contributed by atoms with van der Waals surface area (Å²) in [6.07, 6.45) is 9.23. The first kappa shape index (κ1) is 119. The fraction of sp³-hybridized carbons (Fsp3) is 0.714. The summed E-state index contributed by atoms with van der Waals surface area (Å²) in [5.74, 6) is 0. The van der Waals surface area contributed by atoms with Crippen molar-refractivity contribution in [2.24, 2.45) is 0 Å². The van der Waals surface area contributed by atoms with Gasteiger partial charge in [0.05, 0.1) is 330 Å². The molecule has 10 aliphatic carbocycles. The molecule has 30 nitrogen and oxygen atoms in total. The fourth-order valence-corrected chi connectivity index (χ4v) is 15.4. The maximum Gasteiger partial charge on any atom is 0.0701 e. The van der Waals surface area contributed by atoms with Gasteiger partial charge in [0.15, 0.2) is 0 Å². The summed E-state index contributed by atoms with van der Waals surface area (Å²) in [6.45, 7) is 22.7. The molecule has 30 heteroatoms. The van der Waals surface area contributed by atoms with E-state index in [9.17, 15) is 0 Å². The zero-order valence-corrected chi connectivity index (χ0v) is 84.0. The van der Waals surface area contributed by atoms with Crippen LogP contribution in [0.15, 0.2) is 60.7 Å². The van der Waals surface area contributed by atoms with Crippen LogP contribution in [0.25, 0.3) is 0 Å². The van der Waals surface area contributed by atoms with Crippen molar-refractivity contribution in [3.8, 4) is 0 Å². The zero-order valence-electron chi connectivity index (χ0n) is 84.0. The summed E-state index contributed by atoms with van der Waals surface area (Å²) in [5, 5.41) is 0. The lowest BCUT2D eigenvalue weighted by molar-refractivity contribution is 0.0254. The van der Waals surface area contributed by atoms with Crippen LogP contribution < -0.4 is 0 Å². The fourth-order valence-electron chi connectivity index (χ4n) is 15.4. The van der Waals surface area contributed by atoms with Crippen molar-refractivity contribution in [1.29, 1.82) is 0 Å². The molecular formula is C105H170O30. The Kier molecular flexibility index (Phi) is 72.5. The van der Waals surface area contributed by atoms with Crippen LogP contribution in [0.5, 0.6) is 0 Å². The molecule has 5 aromatic rings. The van der Waals surface area contributed by atoms with E-state index in [2.05, 4.69) is 60.7 Å². The molecule has 10 aliphatic rings. The minimum absolute atomic E-state index is 0.420. The molecule has 0 amide bonds. The molecule has 0 saturated carbocycles. The average Bonchev–Trinajstić information content (AvgIpc) is 1.15. The molecule has 5 aromatic carbocycles. The number of rotatable bonds is 90. The van der Waals surface area contributed by atoms with E-state index in [1.54, 1.807) is 71.1 Å².